The fourth-order valence-electron chi connectivity index (χ4n) is 3.76. The minimum atomic E-state index is -2.25. The third kappa shape index (κ3) is 3.82. The maximum atomic E-state index is 5.64. The van der Waals surface area contributed by atoms with E-state index < -0.39 is 7.05 Å². The smallest absolute Gasteiger partial charge is 0.0700 e. The molecule has 148 valence electrons. The number of hydrogen-bond donors (Lipinski definition) is 0. The van der Waals surface area contributed by atoms with Gasteiger partial charge in [0.2, 0.25) is 0 Å². The summed E-state index contributed by atoms with van der Waals surface area (Å²) in [7, 11) is -2.25. The molecule has 0 aliphatic heterocycles. The molecule has 0 aliphatic carbocycles. The van der Waals surface area contributed by atoms with Gasteiger partial charge in [-0.1, -0.05) is 115 Å². The maximum absolute atomic E-state index is 5.64. The van der Waals surface area contributed by atoms with Gasteiger partial charge in [-0.15, -0.1) is 0 Å². The molecule has 0 fully saturated rings. The topological polar surface area (TPSA) is 12.4 Å². The third-order valence-electron chi connectivity index (χ3n) is 5.41. The van der Waals surface area contributed by atoms with Crippen LogP contribution in [0.25, 0.3) is 5.57 Å². The highest BCUT2D eigenvalue weighted by molar-refractivity contribution is 7.87. The highest BCUT2D eigenvalue weighted by Gasteiger charge is 2.27. The predicted octanol–water partition coefficient (Wildman–Crippen LogP) is 6.92. The zero-order valence-corrected chi connectivity index (χ0v) is 18.3. The lowest BCUT2D eigenvalue weighted by molar-refractivity contribution is 1.47. The minimum Gasteiger partial charge on any atom is -0.253 e. The lowest BCUT2D eigenvalue weighted by Gasteiger charge is -2.27. The molecule has 0 aromatic heterocycles. The van der Waals surface area contributed by atoms with Crippen LogP contribution in [-0.2, 0) is 0 Å². The molecule has 0 saturated carbocycles. The van der Waals surface area contributed by atoms with Crippen molar-refractivity contribution >= 4 is 34.2 Å². The van der Waals surface area contributed by atoms with Crippen LogP contribution in [-0.4, -0.2) is 0 Å². The second-order valence-corrected chi connectivity index (χ2v) is 10.3. The summed E-state index contributed by atoms with van der Waals surface area (Å²) < 4.78 is 5.64. The van der Waals surface area contributed by atoms with Crippen LogP contribution in [0.2, 0.25) is 0 Å². The molecule has 1 nitrogen and oxygen atoms in total. The summed E-state index contributed by atoms with van der Waals surface area (Å²) in [6.07, 6.45) is 2.15. The Bertz CT molecular complexity index is 1090. The van der Waals surface area contributed by atoms with Crippen LogP contribution in [0.4, 0.5) is 5.69 Å². The van der Waals surface area contributed by atoms with Crippen LogP contribution in [0.15, 0.2) is 126 Å². The average molecular weight is 407 g/mol. The molecule has 0 unspecified atom stereocenters. The van der Waals surface area contributed by atoms with Gasteiger partial charge in [0.25, 0.3) is 0 Å². The Morgan fingerprint density at radius 2 is 1.00 bits per heavy atom. The number of hydrogen-bond acceptors (Lipinski definition) is 1. The van der Waals surface area contributed by atoms with Gasteiger partial charge in [-0.2, -0.15) is 0 Å². The Balaban J connectivity index is 2.16. The van der Waals surface area contributed by atoms with Crippen LogP contribution in [0.3, 0.4) is 0 Å². The van der Waals surface area contributed by atoms with Gasteiger partial charge in [-0.05, 0) is 25.5 Å². The quantitative estimate of drug-likeness (QED) is 0.319. The minimum absolute atomic E-state index is 1.04. The van der Waals surface area contributed by atoms with Gasteiger partial charge in [-0.3, -0.25) is 4.74 Å². The third-order valence-corrected chi connectivity index (χ3v) is 9.06. The predicted molar refractivity (Wildman–Crippen MR) is 133 cm³/mol. The first-order valence-electron chi connectivity index (χ1n) is 10.3. The first kappa shape index (κ1) is 20.1. The molecule has 0 heterocycles. The zero-order valence-electron chi connectivity index (χ0n) is 17.4. The SMILES string of the molecule is C/C=C(\C)c1ccccc1N=P(c1ccccc1)(c1ccccc1)c1ccccc1. The first-order chi connectivity index (χ1) is 14.8. The standard InChI is InChI=1S/C28H26NP/c1-3-23(2)27-21-13-14-22-28(27)29-30(24-15-7-4-8-16-24,25-17-9-5-10-18-25)26-19-11-6-12-20-26/h3-22H,1-2H3/b23-3+. The van der Waals surface area contributed by atoms with Crippen molar-refractivity contribution in [2.75, 3.05) is 0 Å². The molecule has 0 N–H and O–H groups in total. The molecule has 4 aromatic rings. The Morgan fingerprint density at radius 3 is 1.43 bits per heavy atom. The zero-order chi connectivity index (χ0) is 20.8. The molecular weight excluding hydrogens is 381 g/mol. The van der Waals surface area contributed by atoms with E-state index in [-0.39, 0.29) is 0 Å². The number of nitrogens with zero attached hydrogens (tertiary/aromatic N) is 1. The molecule has 0 atom stereocenters. The Hall–Kier alpha value is -3.15. The molecule has 4 rings (SSSR count). The second kappa shape index (κ2) is 9.11. The number of rotatable bonds is 5. The average Bonchev–Trinajstić information content (AvgIpc) is 2.84. The summed E-state index contributed by atoms with van der Waals surface area (Å²) in [6, 6.07) is 40.8. The van der Waals surface area contributed by atoms with Crippen molar-refractivity contribution in [1.82, 2.24) is 0 Å². The normalized spacial score (nSPS) is 11.9. The van der Waals surface area contributed by atoms with E-state index in [1.54, 1.807) is 0 Å². The van der Waals surface area contributed by atoms with E-state index in [0.717, 1.165) is 5.69 Å². The van der Waals surface area contributed by atoms with Crippen molar-refractivity contribution < 1.29 is 0 Å². The molecule has 30 heavy (non-hydrogen) atoms. The molecule has 0 spiro atoms. The second-order valence-electron chi connectivity index (χ2n) is 7.23. The van der Waals surface area contributed by atoms with E-state index in [1.165, 1.54) is 27.1 Å². The van der Waals surface area contributed by atoms with Crippen LogP contribution in [0.1, 0.15) is 19.4 Å². The summed E-state index contributed by atoms with van der Waals surface area (Å²) in [5, 5.41) is 3.78. The molecule has 0 amide bonds. The molecule has 0 aliphatic rings. The van der Waals surface area contributed by atoms with E-state index in [0.29, 0.717) is 0 Å². The molecule has 0 saturated heterocycles. The van der Waals surface area contributed by atoms with Crippen LogP contribution < -0.4 is 15.9 Å². The van der Waals surface area contributed by atoms with Gasteiger partial charge in [-0.25, -0.2) is 0 Å². The van der Waals surface area contributed by atoms with Crippen molar-refractivity contribution in [3.63, 3.8) is 0 Å². The monoisotopic (exact) mass is 407 g/mol. The van der Waals surface area contributed by atoms with Gasteiger partial charge < -0.3 is 0 Å². The van der Waals surface area contributed by atoms with E-state index >= 15 is 0 Å². The van der Waals surface area contributed by atoms with Crippen molar-refractivity contribution in [3.8, 4) is 0 Å². The van der Waals surface area contributed by atoms with Crippen molar-refractivity contribution in [2.24, 2.45) is 4.74 Å². The van der Waals surface area contributed by atoms with Crippen molar-refractivity contribution in [1.29, 1.82) is 0 Å². The van der Waals surface area contributed by atoms with Crippen LogP contribution >= 0.6 is 7.05 Å². The Morgan fingerprint density at radius 1 is 0.600 bits per heavy atom. The van der Waals surface area contributed by atoms with Gasteiger partial charge in [0.15, 0.2) is 0 Å². The lowest BCUT2D eigenvalue weighted by Crippen LogP contribution is -2.25. The fraction of sp³-hybridized carbons (Fsp3) is 0.0714. The largest absolute Gasteiger partial charge is 0.253 e. The number of benzene rings is 4. The first-order valence-corrected chi connectivity index (χ1v) is 12.0. The van der Waals surface area contributed by atoms with E-state index in [9.17, 15) is 0 Å². The Kier molecular flexibility index (Phi) is 6.12. The van der Waals surface area contributed by atoms with Gasteiger partial charge in [0.05, 0.1) is 12.7 Å². The van der Waals surface area contributed by atoms with E-state index in [1.807, 2.05) is 0 Å². The van der Waals surface area contributed by atoms with Crippen LogP contribution in [0.5, 0.6) is 0 Å². The number of allylic oxidation sites excluding steroid dienone is 2. The van der Waals surface area contributed by atoms with Crippen LogP contribution in [0, 0.1) is 0 Å². The van der Waals surface area contributed by atoms with Gasteiger partial charge in [0, 0.05) is 21.5 Å². The van der Waals surface area contributed by atoms with Gasteiger partial charge in [0.1, 0.15) is 0 Å². The summed E-state index contributed by atoms with van der Waals surface area (Å²) >= 11 is 0. The summed E-state index contributed by atoms with van der Waals surface area (Å²) in [5.41, 5.74) is 3.46. The molecule has 0 bridgehead atoms. The van der Waals surface area contributed by atoms with Crippen molar-refractivity contribution in [3.05, 3.63) is 127 Å². The molecule has 2 heteroatoms. The molecular formula is C28H26NP. The highest BCUT2D eigenvalue weighted by Crippen LogP contribution is 2.50. The molecule has 0 radical (unpaired) electrons. The summed E-state index contributed by atoms with van der Waals surface area (Å²) in [4.78, 5) is 0. The Labute approximate surface area is 179 Å². The maximum Gasteiger partial charge on any atom is 0.0700 e. The van der Waals surface area contributed by atoms with E-state index in [2.05, 4.69) is 135 Å². The van der Waals surface area contributed by atoms with Crippen molar-refractivity contribution in [2.45, 2.75) is 13.8 Å². The molecule has 4 aromatic carbocycles. The summed E-state index contributed by atoms with van der Waals surface area (Å²) in [5.74, 6) is 0. The van der Waals surface area contributed by atoms with E-state index in [4.69, 9.17) is 4.74 Å². The fourth-order valence-corrected chi connectivity index (χ4v) is 7.31. The summed E-state index contributed by atoms with van der Waals surface area (Å²) in [6.45, 7) is 4.24. The van der Waals surface area contributed by atoms with Gasteiger partial charge >= 0.3 is 0 Å². The lowest BCUT2D eigenvalue weighted by atomic mass is 10.1. The highest BCUT2D eigenvalue weighted by atomic mass is 31.2.